The summed E-state index contributed by atoms with van der Waals surface area (Å²) in [6.45, 7) is 7.10. The van der Waals surface area contributed by atoms with Gasteiger partial charge in [0.05, 0.1) is 6.04 Å². The Kier molecular flexibility index (Phi) is 3.76. The molecule has 0 aliphatic carbocycles. The fraction of sp³-hybridized carbons (Fsp3) is 0.278. The van der Waals surface area contributed by atoms with Crippen LogP contribution in [0.2, 0.25) is 0 Å². The molecule has 0 bridgehead atoms. The maximum absolute atomic E-state index is 6.06. The SMILES string of the molecule is CCNC(c1cc2cc(C)ccc2o1)c1cccnc1C. The molecule has 2 heterocycles. The molecule has 1 N–H and O–H groups in total. The third-order valence-corrected chi connectivity index (χ3v) is 3.74. The molecule has 0 fully saturated rings. The topological polar surface area (TPSA) is 38.1 Å². The molecule has 0 amide bonds. The van der Waals surface area contributed by atoms with Gasteiger partial charge in [0.2, 0.25) is 0 Å². The average molecular weight is 280 g/mol. The lowest BCUT2D eigenvalue weighted by Crippen LogP contribution is -2.22. The first kappa shape index (κ1) is 13.8. The van der Waals surface area contributed by atoms with Gasteiger partial charge in [-0.15, -0.1) is 0 Å². The van der Waals surface area contributed by atoms with E-state index < -0.39 is 0 Å². The standard InChI is InChI=1S/C18H20N2O/c1-4-19-18(15-6-5-9-20-13(15)3)17-11-14-10-12(2)7-8-16(14)21-17/h5-11,18-19H,4H2,1-3H3. The molecule has 0 aliphatic rings. The number of pyridine rings is 1. The lowest BCUT2D eigenvalue weighted by atomic mass is 10.0. The summed E-state index contributed by atoms with van der Waals surface area (Å²) < 4.78 is 6.06. The minimum atomic E-state index is 0.0383. The summed E-state index contributed by atoms with van der Waals surface area (Å²) in [5.41, 5.74) is 4.36. The Bertz CT molecular complexity index is 761. The fourth-order valence-electron chi connectivity index (χ4n) is 2.70. The highest BCUT2D eigenvalue weighted by molar-refractivity contribution is 5.79. The summed E-state index contributed by atoms with van der Waals surface area (Å²) in [6, 6.07) is 12.5. The predicted octanol–water partition coefficient (Wildman–Crippen LogP) is 4.14. The monoisotopic (exact) mass is 280 g/mol. The number of fused-ring (bicyclic) bond motifs is 1. The molecule has 3 rings (SSSR count). The number of hydrogen-bond donors (Lipinski definition) is 1. The largest absolute Gasteiger partial charge is 0.459 e. The van der Waals surface area contributed by atoms with Crippen LogP contribution in [0, 0.1) is 13.8 Å². The third-order valence-electron chi connectivity index (χ3n) is 3.74. The summed E-state index contributed by atoms with van der Waals surface area (Å²) in [7, 11) is 0. The van der Waals surface area contributed by atoms with Crippen molar-refractivity contribution in [3.63, 3.8) is 0 Å². The zero-order valence-corrected chi connectivity index (χ0v) is 12.7. The summed E-state index contributed by atoms with van der Waals surface area (Å²) in [5, 5.41) is 4.65. The van der Waals surface area contributed by atoms with Gasteiger partial charge >= 0.3 is 0 Å². The van der Waals surface area contributed by atoms with E-state index in [0.29, 0.717) is 0 Å². The van der Waals surface area contributed by atoms with Crippen molar-refractivity contribution >= 4 is 11.0 Å². The van der Waals surface area contributed by atoms with Crippen LogP contribution < -0.4 is 5.32 Å². The van der Waals surface area contributed by atoms with Crippen molar-refractivity contribution in [3.05, 3.63) is 65.2 Å². The zero-order chi connectivity index (χ0) is 14.8. The Morgan fingerprint density at radius 2 is 2.05 bits per heavy atom. The van der Waals surface area contributed by atoms with E-state index >= 15 is 0 Å². The smallest absolute Gasteiger partial charge is 0.134 e. The van der Waals surface area contributed by atoms with Gasteiger partial charge in [0.1, 0.15) is 11.3 Å². The van der Waals surface area contributed by atoms with Crippen LogP contribution in [-0.2, 0) is 0 Å². The van der Waals surface area contributed by atoms with Crippen LogP contribution in [0.1, 0.15) is 35.5 Å². The van der Waals surface area contributed by atoms with Crippen LogP contribution in [0.25, 0.3) is 11.0 Å². The molecule has 3 nitrogen and oxygen atoms in total. The molecule has 0 radical (unpaired) electrons. The summed E-state index contributed by atoms with van der Waals surface area (Å²) in [6.07, 6.45) is 1.82. The Morgan fingerprint density at radius 1 is 1.19 bits per heavy atom. The first-order valence-electron chi connectivity index (χ1n) is 7.34. The maximum atomic E-state index is 6.06. The van der Waals surface area contributed by atoms with Crippen LogP contribution in [0.15, 0.2) is 47.0 Å². The predicted molar refractivity (Wildman–Crippen MR) is 85.4 cm³/mol. The third kappa shape index (κ3) is 2.69. The highest BCUT2D eigenvalue weighted by Crippen LogP contribution is 2.29. The van der Waals surface area contributed by atoms with E-state index in [2.05, 4.69) is 48.4 Å². The molecule has 0 spiro atoms. The van der Waals surface area contributed by atoms with Crippen LogP contribution in [0.5, 0.6) is 0 Å². The normalized spacial score (nSPS) is 12.7. The quantitative estimate of drug-likeness (QED) is 0.780. The van der Waals surface area contributed by atoms with E-state index in [0.717, 1.165) is 34.5 Å². The van der Waals surface area contributed by atoms with E-state index in [1.54, 1.807) is 0 Å². The van der Waals surface area contributed by atoms with Gasteiger partial charge in [0.15, 0.2) is 0 Å². The molecule has 3 aromatic rings. The highest BCUT2D eigenvalue weighted by atomic mass is 16.3. The molecule has 1 aromatic carbocycles. The van der Waals surface area contributed by atoms with Crippen LogP contribution in [0.3, 0.4) is 0 Å². The van der Waals surface area contributed by atoms with Crippen molar-refractivity contribution in [2.45, 2.75) is 26.8 Å². The van der Waals surface area contributed by atoms with Crippen molar-refractivity contribution in [3.8, 4) is 0 Å². The minimum absolute atomic E-state index is 0.0383. The van der Waals surface area contributed by atoms with Crippen molar-refractivity contribution < 1.29 is 4.42 Å². The second-order valence-corrected chi connectivity index (χ2v) is 5.36. The Hall–Kier alpha value is -2.13. The van der Waals surface area contributed by atoms with E-state index in [4.69, 9.17) is 4.42 Å². The molecule has 2 aromatic heterocycles. The van der Waals surface area contributed by atoms with Crippen molar-refractivity contribution in [1.29, 1.82) is 0 Å². The van der Waals surface area contributed by atoms with Gasteiger partial charge in [-0.3, -0.25) is 4.98 Å². The van der Waals surface area contributed by atoms with E-state index in [9.17, 15) is 0 Å². The molecule has 0 saturated carbocycles. The van der Waals surface area contributed by atoms with Gasteiger partial charge in [-0.25, -0.2) is 0 Å². The van der Waals surface area contributed by atoms with Crippen molar-refractivity contribution in [2.24, 2.45) is 0 Å². The number of furan rings is 1. The molecule has 0 aliphatic heterocycles. The summed E-state index contributed by atoms with van der Waals surface area (Å²) in [5.74, 6) is 0.938. The first-order valence-corrected chi connectivity index (χ1v) is 7.34. The van der Waals surface area contributed by atoms with E-state index in [1.807, 2.05) is 25.3 Å². The van der Waals surface area contributed by atoms with Crippen LogP contribution >= 0.6 is 0 Å². The lowest BCUT2D eigenvalue weighted by molar-refractivity contribution is 0.475. The number of rotatable bonds is 4. The second kappa shape index (κ2) is 5.70. The number of nitrogens with one attached hydrogen (secondary N) is 1. The maximum Gasteiger partial charge on any atom is 0.134 e. The van der Waals surface area contributed by atoms with Gasteiger partial charge < -0.3 is 9.73 Å². The minimum Gasteiger partial charge on any atom is -0.459 e. The van der Waals surface area contributed by atoms with Gasteiger partial charge in [-0.2, -0.15) is 0 Å². The van der Waals surface area contributed by atoms with E-state index in [-0.39, 0.29) is 6.04 Å². The van der Waals surface area contributed by atoms with Crippen LogP contribution in [0.4, 0.5) is 0 Å². The number of aromatic nitrogens is 1. The molecule has 3 heteroatoms. The summed E-state index contributed by atoms with van der Waals surface area (Å²) in [4.78, 5) is 4.39. The van der Waals surface area contributed by atoms with Gasteiger partial charge in [0, 0.05) is 17.3 Å². The molecule has 21 heavy (non-hydrogen) atoms. The molecular formula is C18H20N2O. The summed E-state index contributed by atoms with van der Waals surface area (Å²) >= 11 is 0. The van der Waals surface area contributed by atoms with Gasteiger partial charge in [-0.05, 0) is 50.2 Å². The molecule has 1 unspecified atom stereocenters. The van der Waals surface area contributed by atoms with Crippen molar-refractivity contribution in [2.75, 3.05) is 6.54 Å². The number of nitrogens with zero attached hydrogens (tertiary/aromatic N) is 1. The van der Waals surface area contributed by atoms with E-state index in [1.165, 1.54) is 5.56 Å². The molecule has 0 saturated heterocycles. The number of benzene rings is 1. The number of hydrogen-bond acceptors (Lipinski definition) is 3. The van der Waals surface area contributed by atoms with Gasteiger partial charge in [-0.1, -0.05) is 24.6 Å². The Morgan fingerprint density at radius 3 is 2.81 bits per heavy atom. The lowest BCUT2D eigenvalue weighted by Gasteiger charge is -2.17. The van der Waals surface area contributed by atoms with Gasteiger partial charge in [0.25, 0.3) is 0 Å². The highest BCUT2D eigenvalue weighted by Gasteiger charge is 2.19. The first-order chi connectivity index (χ1) is 10.2. The molecular weight excluding hydrogens is 260 g/mol. The molecule has 1 atom stereocenters. The average Bonchev–Trinajstić information content (AvgIpc) is 2.88. The fourth-order valence-corrected chi connectivity index (χ4v) is 2.70. The molecule has 108 valence electrons. The van der Waals surface area contributed by atoms with Crippen molar-refractivity contribution in [1.82, 2.24) is 10.3 Å². The second-order valence-electron chi connectivity index (χ2n) is 5.36. The van der Waals surface area contributed by atoms with Crippen LogP contribution in [-0.4, -0.2) is 11.5 Å². The Balaban J connectivity index is 2.09. The number of aryl methyl sites for hydroxylation is 2. The zero-order valence-electron chi connectivity index (χ0n) is 12.7. The Labute approximate surface area is 125 Å².